The number of hydrogen-bond acceptors (Lipinski definition) is 2. The quantitative estimate of drug-likeness (QED) is 0.732. The number of anilines is 1. The van der Waals surface area contributed by atoms with E-state index in [1.54, 1.807) is 18.2 Å². The van der Waals surface area contributed by atoms with E-state index >= 15 is 0 Å². The minimum atomic E-state index is -0.302. The number of rotatable bonds is 3. The van der Waals surface area contributed by atoms with Gasteiger partial charge in [-0.15, -0.1) is 0 Å². The Morgan fingerprint density at radius 1 is 1.09 bits per heavy atom. The van der Waals surface area contributed by atoms with Gasteiger partial charge in [0, 0.05) is 17.2 Å². The molecule has 0 unspecified atom stereocenters. The van der Waals surface area contributed by atoms with Gasteiger partial charge in [0.25, 0.3) is 0 Å². The predicted octanol–water partition coefficient (Wildman–Crippen LogP) is 4.33. The summed E-state index contributed by atoms with van der Waals surface area (Å²) in [5, 5.41) is 3.80. The van der Waals surface area contributed by atoms with Gasteiger partial charge in [-0.1, -0.05) is 30.3 Å². The largest absolute Gasteiger partial charge is 0.321 e. The molecule has 4 heteroatoms. The van der Waals surface area contributed by atoms with Crippen LogP contribution < -0.4 is 5.32 Å². The summed E-state index contributed by atoms with van der Waals surface area (Å²) in [6, 6.07) is 15.5. The molecule has 0 fully saturated rings. The second kappa shape index (κ2) is 6.40. The Hall–Kier alpha value is -3.01. The first kappa shape index (κ1) is 14.9. The molecule has 3 nitrogen and oxygen atoms in total. The van der Waals surface area contributed by atoms with E-state index in [1.807, 2.05) is 37.3 Å². The van der Waals surface area contributed by atoms with Crippen LogP contribution in [0.2, 0.25) is 0 Å². The third kappa shape index (κ3) is 3.61. The number of carbonyl (C=O) groups is 1. The fourth-order valence-electron chi connectivity index (χ4n) is 2.27. The monoisotopic (exact) mass is 306 g/mol. The van der Waals surface area contributed by atoms with Crippen LogP contribution in [0.1, 0.15) is 11.3 Å². The zero-order chi connectivity index (χ0) is 16.2. The average molecular weight is 306 g/mol. The molecule has 0 atom stereocenters. The first-order valence-corrected chi connectivity index (χ1v) is 7.23. The van der Waals surface area contributed by atoms with Crippen LogP contribution in [0.25, 0.3) is 17.0 Å². The van der Waals surface area contributed by atoms with E-state index in [4.69, 9.17) is 0 Å². The van der Waals surface area contributed by atoms with Gasteiger partial charge in [-0.3, -0.25) is 9.78 Å². The number of benzene rings is 2. The molecule has 0 bridgehead atoms. The summed E-state index contributed by atoms with van der Waals surface area (Å²) in [6.07, 6.45) is 3.06. The number of nitrogens with zero attached hydrogens (tertiary/aromatic N) is 1. The molecule has 3 rings (SSSR count). The Kier molecular flexibility index (Phi) is 4.15. The second-order valence-electron chi connectivity index (χ2n) is 5.20. The molecule has 0 saturated carbocycles. The molecule has 1 aromatic heterocycles. The van der Waals surface area contributed by atoms with E-state index in [0.717, 1.165) is 22.2 Å². The van der Waals surface area contributed by atoms with Crippen LogP contribution in [0.5, 0.6) is 0 Å². The number of aromatic nitrogens is 1. The molecule has 0 saturated heterocycles. The topological polar surface area (TPSA) is 42.0 Å². The minimum Gasteiger partial charge on any atom is -0.321 e. The normalized spacial score (nSPS) is 11.0. The van der Waals surface area contributed by atoms with Gasteiger partial charge in [0.1, 0.15) is 5.82 Å². The highest BCUT2D eigenvalue weighted by atomic mass is 19.1. The van der Waals surface area contributed by atoms with Crippen LogP contribution in [0.4, 0.5) is 10.1 Å². The summed E-state index contributed by atoms with van der Waals surface area (Å²) < 4.78 is 12.8. The van der Waals surface area contributed by atoms with Crippen LogP contribution >= 0.6 is 0 Å². The van der Waals surface area contributed by atoms with Gasteiger partial charge >= 0.3 is 0 Å². The molecule has 0 aliphatic carbocycles. The zero-order valence-electron chi connectivity index (χ0n) is 12.6. The maximum absolute atomic E-state index is 12.8. The molecule has 0 aliphatic heterocycles. The van der Waals surface area contributed by atoms with Gasteiger partial charge in [0.15, 0.2) is 0 Å². The number of carbonyl (C=O) groups excluding carboxylic acids is 1. The van der Waals surface area contributed by atoms with Crippen LogP contribution in [0.3, 0.4) is 0 Å². The van der Waals surface area contributed by atoms with Crippen LogP contribution in [-0.4, -0.2) is 10.9 Å². The highest BCUT2D eigenvalue weighted by molar-refractivity contribution is 6.06. The molecule has 23 heavy (non-hydrogen) atoms. The maximum atomic E-state index is 12.8. The fourth-order valence-corrected chi connectivity index (χ4v) is 2.27. The van der Waals surface area contributed by atoms with Gasteiger partial charge in [0.2, 0.25) is 5.91 Å². The van der Waals surface area contributed by atoms with Crippen molar-refractivity contribution in [1.29, 1.82) is 0 Å². The van der Waals surface area contributed by atoms with Crippen molar-refractivity contribution < 1.29 is 9.18 Å². The Morgan fingerprint density at radius 3 is 2.65 bits per heavy atom. The zero-order valence-corrected chi connectivity index (χ0v) is 12.6. The number of pyridine rings is 1. The third-order valence-corrected chi connectivity index (χ3v) is 3.41. The summed E-state index contributed by atoms with van der Waals surface area (Å²) in [5.74, 6) is -0.561. The number of fused-ring (bicyclic) bond motifs is 1. The van der Waals surface area contributed by atoms with E-state index in [2.05, 4.69) is 10.3 Å². The summed E-state index contributed by atoms with van der Waals surface area (Å²) in [7, 11) is 0. The van der Waals surface area contributed by atoms with Crippen molar-refractivity contribution in [2.45, 2.75) is 6.92 Å². The lowest BCUT2D eigenvalue weighted by Crippen LogP contribution is -2.08. The Bertz CT molecular complexity index is 886. The number of para-hydroxylation sites is 1. The molecule has 1 N–H and O–H groups in total. The maximum Gasteiger partial charge on any atom is 0.248 e. The SMILES string of the molecule is Cc1ccc2cccc(NC(=O)/C=C/c3ccc(F)cc3)c2n1. The molecular weight excluding hydrogens is 291 g/mol. The van der Waals surface area contributed by atoms with Crippen LogP contribution in [0, 0.1) is 12.7 Å². The van der Waals surface area contributed by atoms with Gasteiger partial charge in [0.05, 0.1) is 11.2 Å². The number of halogens is 1. The number of amides is 1. The Balaban J connectivity index is 1.80. The molecule has 2 aromatic carbocycles. The van der Waals surface area contributed by atoms with E-state index in [1.165, 1.54) is 18.2 Å². The summed E-state index contributed by atoms with van der Waals surface area (Å²) in [5.41, 5.74) is 3.07. The predicted molar refractivity (Wildman–Crippen MR) is 90.5 cm³/mol. The number of hydrogen-bond donors (Lipinski definition) is 1. The standard InChI is InChI=1S/C19H15FN2O/c1-13-5-9-15-3-2-4-17(19(15)21-13)22-18(23)12-8-14-6-10-16(20)11-7-14/h2-12H,1H3,(H,22,23)/b12-8+. The van der Waals surface area contributed by atoms with Crippen molar-refractivity contribution in [2.24, 2.45) is 0 Å². The molecule has 1 heterocycles. The fraction of sp³-hybridized carbons (Fsp3) is 0.0526. The molecule has 1 amide bonds. The summed E-state index contributed by atoms with van der Waals surface area (Å²) in [6.45, 7) is 1.91. The highest BCUT2D eigenvalue weighted by Gasteiger charge is 2.05. The number of nitrogens with one attached hydrogen (secondary N) is 1. The number of aryl methyl sites for hydroxylation is 1. The van der Waals surface area contributed by atoms with E-state index in [0.29, 0.717) is 5.69 Å². The van der Waals surface area contributed by atoms with Crippen molar-refractivity contribution in [2.75, 3.05) is 5.32 Å². The van der Waals surface area contributed by atoms with Gasteiger partial charge in [-0.05, 0) is 42.8 Å². The van der Waals surface area contributed by atoms with Crippen LogP contribution in [-0.2, 0) is 4.79 Å². The van der Waals surface area contributed by atoms with Crippen molar-refractivity contribution in [3.63, 3.8) is 0 Å². The lowest BCUT2D eigenvalue weighted by molar-refractivity contribution is -0.111. The highest BCUT2D eigenvalue weighted by Crippen LogP contribution is 2.21. The van der Waals surface area contributed by atoms with Crippen LogP contribution in [0.15, 0.2) is 60.7 Å². The molecule has 3 aromatic rings. The average Bonchev–Trinajstić information content (AvgIpc) is 2.55. The first-order valence-electron chi connectivity index (χ1n) is 7.23. The first-order chi connectivity index (χ1) is 11.1. The van der Waals surface area contributed by atoms with Gasteiger partial charge < -0.3 is 5.32 Å². The van der Waals surface area contributed by atoms with Crippen molar-refractivity contribution in [1.82, 2.24) is 4.98 Å². The van der Waals surface area contributed by atoms with Crippen molar-refractivity contribution >= 4 is 28.6 Å². The van der Waals surface area contributed by atoms with Gasteiger partial charge in [-0.25, -0.2) is 4.39 Å². The minimum absolute atomic E-state index is 0.259. The van der Waals surface area contributed by atoms with Gasteiger partial charge in [-0.2, -0.15) is 0 Å². The summed E-state index contributed by atoms with van der Waals surface area (Å²) in [4.78, 5) is 16.6. The Morgan fingerprint density at radius 2 is 1.87 bits per heavy atom. The summed E-state index contributed by atoms with van der Waals surface area (Å²) >= 11 is 0. The lowest BCUT2D eigenvalue weighted by atomic mass is 10.1. The smallest absolute Gasteiger partial charge is 0.248 e. The van der Waals surface area contributed by atoms with E-state index in [-0.39, 0.29) is 11.7 Å². The van der Waals surface area contributed by atoms with Crippen molar-refractivity contribution in [3.05, 3.63) is 77.7 Å². The van der Waals surface area contributed by atoms with E-state index < -0.39 is 0 Å². The molecular formula is C19H15FN2O. The third-order valence-electron chi connectivity index (χ3n) is 3.41. The molecule has 0 aliphatic rings. The second-order valence-corrected chi connectivity index (χ2v) is 5.20. The lowest BCUT2D eigenvalue weighted by Gasteiger charge is -2.07. The molecule has 0 spiro atoms. The Labute approximate surface area is 133 Å². The van der Waals surface area contributed by atoms with Crippen molar-refractivity contribution in [3.8, 4) is 0 Å². The molecule has 0 radical (unpaired) electrons. The molecule has 114 valence electrons. The van der Waals surface area contributed by atoms with E-state index in [9.17, 15) is 9.18 Å².